The fourth-order valence-electron chi connectivity index (χ4n) is 0.862. The van der Waals surface area contributed by atoms with Crippen molar-refractivity contribution in [2.75, 3.05) is 7.11 Å². The number of hydrogen-bond donors (Lipinski definition) is 1. The minimum atomic E-state index is -1.05. The van der Waals surface area contributed by atoms with E-state index in [1.54, 1.807) is 0 Å². The summed E-state index contributed by atoms with van der Waals surface area (Å²) in [4.78, 5) is 21.4. The molecule has 0 aliphatic heterocycles. The molecule has 0 saturated heterocycles. The van der Waals surface area contributed by atoms with Gasteiger partial charge < -0.3 is 9.84 Å². The molecule has 0 radical (unpaired) electrons. The quantitative estimate of drug-likeness (QED) is 0.440. The third kappa shape index (κ3) is 5.67. The number of carbonyl (C=O) groups is 2. The number of aliphatic carboxylic acids is 1. The van der Waals surface area contributed by atoms with Crippen molar-refractivity contribution in [1.29, 1.82) is 0 Å². The van der Waals surface area contributed by atoms with Crippen LogP contribution in [0, 0.1) is 5.41 Å². The number of hydrogen-bond acceptors (Lipinski definition) is 3. The Balaban J connectivity index is 4.99. The van der Waals surface area contributed by atoms with Crippen molar-refractivity contribution in [3.63, 3.8) is 0 Å². The summed E-state index contributed by atoms with van der Waals surface area (Å²) in [6.45, 7) is 5.65. The largest absolute Gasteiger partial charge is 0.478 e. The summed E-state index contributed by atoms with van der Waals surface area (Å²) < 4.78 is 4.49. The van der Waals surface area contributed by atoms with Gasteiger partial charge in [-0.15, -0.1) is 0 Å². The summed E-state index contributed by atoms with van der Waals surface area (Å²) in [5.41, 5.74) is 0.303. The van der Waals surface area contributed by atoms with Crippen LogP contribution >= 0.6 is 0 Å². The van der Waals surface area contributed by atoms with Gasteiger partial charge in [-0.1, -0.05) is 26.8 Å². The maximum atomic E-state index is 11.0. The van der Waals surface area contributed by atoms with E-state index in [4.69, 9.17) is 5.11 Å². The number of carboxylic acids is 1. The maximum absolute atomic E-state index is 11.0. The van der Waals surface area contributed by atoms with E-state index in [-0.39, 0.29) is 5.41 Å². The lowest BCUT2D eigenvalue weighted by atomic mass is 9.86. The molecule has 0 fully saturated rings. The number of esters is 1. The molecular weight excluding hydrogens is 196 g/mol. The first kappa shape index (κ1) is 13.4. The minimum Gasteiger partial charge on any atom is -0.478 e. The number of ether oxygens (including phenoxy) is 1. The third-order valence-corrected chi connectivity index (χ3v) is 1.75. The lowest BCUT2D eigenvalue weighted by Crippen LogP contribution is -2.10. The molecule has 0 rings (SSSR count). The molecule has 4 heteroatoms. The highest BCUT2D eigenvalue weighted by atomic mass is 16.5. The van der Waals surface area contributed by atoms with E-state index in [0.717, 1.165) is 6.08 Å². The molecule has 4 nitrogen and oxygen atoms in total. The first-order chi connectivity index (χ1) is 6.77. The van der Waals surface area contributed by atoms with Crippen molar-refractivity contribution in [3.8, 4) is 0 Å². The minimum absolute atomic E-state index is 0.305. The van der Waals surface area contributed by atoms with Crippen LogP contribution < -0.4 is 0 Å². The van der Waals surface area contributed by atoms with Gasteiger partial charge in [0, 0.05) is 12.2 Å². The zero-order chi connectivity index (χ0) is 12.1. The standard InChI is InChI=1S/C11H16O4/c1-11(2,3)8(5-6-9(12)13)7-10(14)15-4/h5-7H,1-4H3,(H,12,13)/b6-5+,8-7+. The number of methoxy groups -OCH3 is 1. The second-order valence-corrected chi connectivity index (χ2v) is 4.04. The number of carbonyl (C=O) groups excluding carboxylic acids is 1. The van der Waals surface area contributed by atoms with Crippen LogP contribution in [0.1, 0.15) is 20.8 Å². The Hall–Kier alpha value is -1.58. The van der Waals surface area contributed by atoms with E-state index < -0.39 is 11.9 Å². The summed E-state index contributed by atoms with van der Waals surface area (Å²) in [6, 6.07) is 0. The van der Waals surface area contributed by atoms with Gasteiger partial charge in [-0.05, 0) is 11.0 Å². The topological polar surface area (TPSA) is 63.6 Å². The first-order valence-electron chi connectivity index (χ1n) is 4.48. The molecule has 15 heavy (non-hydrogen) atoms. The molecule has 0 bridgehead atoms. The predicted octanol–water partition coefficient (Wildman–Crippen LogP) is 1.77. The lowest BCUT2D eigenvalue weighted by molar-refractivity contribution is -0.135. The third-order valence-electron chi connectivity index (χ3n) is 1.75. The molecule has 1 N–H and O–H groups in total. The molecule has 0 aliphatic rings. The maximum Gasteiger partial charge on any atom is 0.330 e. The van der Waals surface area contributed by atoms with Gasteiger partial charge >= 0.3 is 11.9 Å². The van der Waals surface area contributed by atoms with Crippen LogP contribution in [0.15, 0.2) is 23.8 Å². The first-order valence-corrected chi connectivity index (χ1v) is 4.48. The van der Waals surface area contributed by atoms with Crippen molar-refractivity contribution in [1.82, 2.24) is 0 Å². The molecule has 0 aliphatic carbocycles. The number of carboxylic acid groups (broad SMARTS) is 1. The Morgan fingerprint density at radius 3 is 2.07 bits per heavy atom. The van der Waals surface area contributed by atoms with E-state index in [2.05, 4.69) is 4.74 Å². The summed E-state index contributed by atoms with van der Waals surface area (Å²) in [6.07, 6.45) is 3.69. The van der Waals surface area contributed by atoms with Crippen molar-refractivity contribution >= 4 is 11.9 Å². The van der Waals surface area contributed by atoms with E-state index >= 15 is 0 Å². The van der Waals surface area contributed by atoms with Crippen LogP contribution in [0.2, 0.25) is 0 Å². The van der Waals surface area contributed by atoms with Crippen molar-refractivity contribution in [2.24, 2.45) is 5.41 Å². The average molecular weight is 212 g/mol. The highest BCUT2D eigenvalue weighted by molar-refractivity contribution is 5.85. The van der Waals surface area contributed by atoms with Gasteiger partial charge in [-0.2, -0.15) is 0 Å². The van der Waals surface area contributed by atoms with Gasteiger partial charge in [-0.25, -0.2) is 9.59 Å². The van der Waals surface area contributed by atoms with Gasteiger partial charge in [0.2, 0.25) is 0 Å². The van der Waals surface area contributed by atoms with E-state index in [1.807, 2.05) is 20.8 Å². The molecule has 0 saturated carbocycles. The Labute approximate surface area is 89.2 Å². The van der Waals surface area contributed by atoms with Crippen LogP contribution in [0.25, 0.3) is 0 Å². The molecule has 0 heterocycles. The predicted molar refractivity (Wildman–Crippen MR) is 56.3 cm³/mol. The molecule has 0 aromatic rings. The van der Waals surface area contributed by atoms with Gasteiger partial charge in [0.1, 0.15) is 0 Å². The molecular formula is C11H16O4. The van der Waals surface area contributed by atoms with Gasteiger partial charge in [0.25, 0.3) is 0 Å². The monoisotopic (exact) mass is 212 g/mol. The van der Waals surface area contributed by atoms with Crippen LogP contribution in [0.3, 0.4) is 0 Å². The smallest absolute Gasteiger partial charge is 0.330 e. The SMILES string of the molecule is COC(=O)/C=C(\C=C\C(=O)O)C(C)(C)C. The van der Waals surface area contributed by atoms with Gasteiger partial charge in [-0.3, -0.25) is 0 Å². The molecule has 0 aromatic heterocycles. The van der Waals surface area contributed by atoms with E-state index in [9.17, 15) is 9.59 Å². The van der Waals surface area contributed by atoms with E-state index in [1.165, 1.54) is 19.3 Å². The van der Waals surface area contributed by atoms with Crippen LogP contribution in [-0.4, -0.2) is 24.2 Å². The summed E-state index contributed by atoms with van der Waals surface area (Å²) >= 11 is 0. The normalized spacial score (nSPS) is 12.9. The van der Waals surface area contributed by atoms with Crippen LogP contribution in [0.4, 0.5) is 0 Å². The zero-order valence-corrected chi connectivity index (χ0v) is 9.40. The second-order valence-electron chi connectivity index (χ2n) is 4.04. The average Bonchev–Trinajstić information content (AvgIpc) is 2.09. The number of allylic oxidation sites excluding steroid dienone is 2. The fourth-order valence-corrected chi connectivity index (χ4v) is 0.862. The Morgan fingerprint density at radius 1 is 1.20 bits per heavy atom. The fraction of sp³-hybridized carbons (Fsp3) is 0.455. The van der Waals surface area contributed by atoms with Crippen molar-refractivity contribution in [2.45, 2.75) is 20.8 Å². The number of rotatable bonds is 3. The van der Waals surface area contributed by atoms with E-state index in [0.29, 0.717) is 5.57 Å². The molecule has 84 valence electrons. The second kappa shape index (κ2) is 5.34. The van der Waals surface area contributed by atoms with Crippen LogP contribution in [0.5, 0.6) is 0 Å². The molecule has 0 unspecified atom stereocenters. The highest BCUT2D eigenvalue weighted by Crippen LogP contribution is 2.26. The van der Waals surface area contributed by atoms with Crippen molar-refractivity contribution in [3.05, 3.63) is 23.8 Å². The lowest BCUT2D eigenvalue weighted by Gasteiger charge is -2.19. The van der Waals surface area contributed by atoms with Crippen LogP contribution in [-0.2, 0) is 14.3 Å². The Morgan fingerprint density at radius 2 is 1.73 bits per heavy atom. The van der Waals surface area contributed by atoms with Crippen molar-refractivity contribution < 1.29 is 19.4 Å². The molecule has 0 spiro atoms. The Bertz CT molecular complexity index is 305. The van der Waals surface area contributed by atoms with Gasteiger partial charge in [0.05, 0.1) is 7.11 Å². The highest BCUT2D eigenvalue weighted by Gasteiger charge is 2.16. The summed E-state index contributed by atoms with van der Waals surface area (Å²) in [5.74, 6) is -1.54. The zero-order valence-electron chi connectivity index (χ0n) is 9.40. The summed E-state index contributed by atoms with van der Waals surface area (Å²) in [5, 5.41) is 8.49. The molecule has 0 atom stereocenters. The molecule has 0 aromatic carbocycles. The molecule has 0 amide bonds. The Kier molecular flexibility index (Phi) is 4.78. The van der Waals surface area contributed by atoms with Gasteiger partial charge in [0.15, 0.2) is 0 Å². The summed E-state index contributed by atoms with van der Waals surface area (Å²) in [7, 11) is 1.28.